The van der Waals surface area contributed by atoms with Crippen LogP contribution in [0.15, 0.2) is 0 Å². The quantitative estimate of drug-likeness (QED) is 0.742. The van der Waals surface area contributed by atoms with Crippen LogP contribution >= 0.6 is 12.4 Å². The summed E-state index contributed by atoms with van der Waals surface area (Å²) in [5.41, 5.74) is 0. The zero-order valence-electron chi connectivity index (χ0n) is 10.2. The van der Waals surface area contributed by atoms with Crippen molar-refractivity contribution in [1.29, 1.82) is 0 Å². The highest BCUT2D eigenvalue weighted by Gasteiger charge is 2.22. The summed E-state index contributed by atoms with van der Waals surface area (Å²) in [5, 5.41) is 3.09. The van der Waals surface area contributed by atoms with Crippen LogP contribution in [0.25, 0.3) is 0 Å². The molecule has 1 saturated heterocycles. The summed E-state index contributed by atoms with van der Waals surface area (Å²) in [5.74, 6) is 0.221. The van der Waals surface area contributed by atoms with Crippen molar-refractivity contribution in [3.63, 3.8) is 0 Å². The number of piperidine rings is 1. The highest BCUT2D eigenvalue weighted by atomic mass is 35.5. The Balaban J connectivity index is 0.00000225. The van der Waals surface area contributed by atoms with E-state index in [-0.39, 0.29) is 18.3 Å². The summed E-state index contributed by atoms with van der Waals surface area (Å²) in [7, 11) is 1.66. The number of carbonyl (C=O) groups is 1. The molecule has 0 saturated carbocycles. The zero-order chi connectivity index (χ0) is 11.1. The van der Waals surface area contributed by atoms with E-state index in [1.807, 2.05) is 4.90 Å². The first-order valence-corrected chi connectivity index (χ1v) is 5.75. The van der Waals surface area contributed by atoms with Gasteiger partial charge in [0.1, 0.15) is 0 Å². The van der Waals surface area contributed by atoms with Crippen LogP contribution in [0.5, 0.6) is 0 Å². The van der Waals surface area contributed by atoms with Gasteiger partial charge in [0, 0.05) is 26.2 Å². The van der Waals surface area contributed by atoms with E-state index in [1.165, 1.54) is 6.42 Å². The molecule has 1 aliphatic rings. The normalized spacial score (nSPS) is 20.4. The van der Waals surface area contributed by atoms with Crippen molar-refractivity contribution >= 4 is 18.3 Å². The molecular formula is C11H23ClN2O2. The SMILES string of the molecule is COCCNCC(=O)N1CCCCC1C.Cl. The molecule has 0 aromatic carbocycles. The number of hydrogen-bond donors (Lipinski definition) is 1. The van der Waals surface area contributed by atoms with Crippen LogP contribution in [0.3, 0.4) is 0 Å². The number of halogens is 1. The first-order chi connectivity index (χ1) is 7.25. The van der Waals surface area contributed by atoms with Crippen molar-refractivity contribution in [3.05, 3.63) is 0 Å². The fourth-order valence-electron chi connectivity index (χ4n) is 1.94. The van der Waals surface area contributed by atoms with Gasteiger partial charge in [-0.05, 0) is 26.2 Å². The summed E-state index contributed by atoms with van der Waals surface area (Å²) >= 11 is 0. The molecule has 96 valence electrons. The molecule has 1 rings (SSSR count). The lowest BCUT2D eigenvalue weighted by Gasteiger charge is -2.33. The molecule has 1 atom stereocenters. The Kier molecular flexibility index (Phi) is 8.61. The van der Waals surface area contributed by atoms with Crippen molar-refractivity contribution in [2.45, 2.75) is 32.2 Å². The largest absolute Gasteiger partial charge is 0.383 e. The van der Waals surface area contributed by atoms with Gasteiger partial charge >= 0.3 is 0 Å². The molecule has 0 aromatic rings. The zero-order valence-corrected chi connectivity index (χ0v) is 11.0. The number of hydrogen-bond acceptors (Lipinski definition) is 3. The predicted molar refractivity (Wildman–Crippen MR) is 67.0 cm³/mol. The van der Waals surface area contributed by atoms with Gasteiger partial charge in [-0.1, -0.05) is 0 Å². The van der Waals surface area contributed by atoms with Crippen LogP contribution in [0.2, 0.25) is 0 Å². The average molecular weight is 251 g/mol. The lowest BCUT2D eigenvalue weighted by Crippen LogP contribution is -2.46. The molecule has 5 heteroatoms. The molecule has 0 aliphatic carbocycles. The maximum atomic E-state index is 11.8. The molecule has 0 bridgehead atoms. The second-order valence-electron chi connectivity index (χ2n) is 4.10. The second kappa shape index (κ2) is 8.79. The van der Waals surface area contributed by atoms with E-state index in [2.05, 4.69) is 12.2 Å². The van der Waals surface area contributed by atoms with E-state index in [9.17, 15) is 4.79 Å². The number of ether oxygens (including phenoxy) is 1. The number of methoxy groups -OCH3 is 1. The molecule has 4 nitrogen and oxygen atoms in total. The molecule has 1 heterocycles. The molecule has 16 heavy (non-hydrogen) atoms. The Hall–Kier alpha value is -0.320. The molecule has 0 radical (unpaired) electrons. The number of carbonyl (C=O) groups excluding carboxylic acids is 1. The smallest absolute Gasteiger partial charge is 0.236 e. The van der Waals surface area contributed by atoms with Crippen molar-refractivity contribution in [3.8, 4) is 0 Å². The first-order valence-electron chi connectivity index (χ1n) is 5.75. The highest BCUT2D eigenvalue weighted by Crippen LogP contribution is 2.15. The van der Waals surface area contributed by atoms with Crippen molar-refractivity contribution in [1.82, 2.24) is 10.2 Å². The van der Waals surface area contributed by atoms with Gasteiger partial charge in [0.25, 0.3) is 0 Å². The summed E-state index contributed by atoms with van der Waals surface area (Å²) in [6.07, 6.45) is 3.54. The number of nitrogens with one attached hydrogen (secondary N) is 1. The Morgan fingerprint density at radius 3 is 2.88 bits per heavy atom. The maximum Gasteiger partial charge on any atom is 0.236 e. The lowest BCUT2D eigenvalue weighted by atomic mass is 10.0. The number of amides is 1. The van der Waals surface area contributed by atoms with Crippen LogP contribution in [0, 0.1) is 0 Å². The van der Waals surface area contributed by atoms with Gasteiger partial charge < -0.3 is 15.0 Å². The van der Waals surface area contributed by atoms with Crippen LogP contribution < -0.4 is 5.32 Å². The van der Waals surface area contributed by atoms with Gasteiger partial charge in [-0.3, -0.25) is 4.79 Å². The van der Waals surface area contributed by atoms with Crippen LogP contribution in [0.1, 0.15) is 26.2 Å². The van der Waals surface area contributed by atoms with E-state index in [0.29, 0.717) is 19.2 Å². The van der Waals surface area contributed by atoms with Crippen LogP contribution in [-0.2, 0) is 9.53 Å². The number of rotatable bonds is 5. The fraction of sp³-hybridized carbons (Fsp3) is 0.909. The molecule has 1 unspecified atom stereocenters. The Morgan fingerprint density at radius 1 is 1.50 bits per heavy atom. The number of likely N-dealkylation sites (tertiary alicyclic amines) is 1. The topological polar surface area (TPSA) is 41.6 Å². The van der Waals surface area contributed by atoms with Crippen LogP contribution in [0.4, 0.5) is 0 Å². The minimum Gasteiger partial charge on any atom is -0.383 e. The average Bonchev–Trinajstić information content (AvgIpc) is 2.25. The highest BCUT2D eigenvalue weighted by molar-refractivity contribution is 5.85. The maximum absolute atomic E-state index is 11.8. The standard InChI is InChI=1S/C11H22N2O2.ClH/c1-10-5-3-4-7-13(10)11(14)9-12-6-8-15-2;/h10,12H,3-9H2,1-2H3;1H. The Labute approximate surface area is 104 Å². The third kappa shape index (κ3) is 5.14. The van der Waals surface area contributed by atoms with E-state index >= 15 is 0 Å². The predicted octanol–water partition coefficient (Wildman–Crippen LogP) is 1.05. The number of nitrogens with zero attached hydrogens (tertiary/aromatic N) is 1. The third-order valence-corrected chi connectivity index (χ3v) is 2.88. The van der Waals surface area contributed by atoms with Gasteiger partial charge in [0.2, 0.25) is 5.91 Å². The van der Waals surface area contributed by atoms with Crippen molar-refractivity contribution in [2.24, 2.45) is 0 Å². The molecule has 1 amide bonds. The van der Waals surface area contributed by atoms with Gasteiger partial charge in [0.05, 0.1) is 13.2 Å². The molecule has 0 spiro atoms. The molecule has 1 aliphatic heterocycles. The first kappa shape index (κ1) is 15.7. The van der Waals surface area contributed by atoms with Crippen LogP contribution in [-0.4, -0.2) is 50.2 Å². The van der Waals surface area contributed by atoms with Gasteiger partial charge in [-0.25, -0.2) is 0 Å². The summed E-state index contributed by atoms with van der Waals surface area (Å²) in [4.78, 5) is 13.8. The summed E-state index contributed by atoms with van der Waals surface area (Å²) < 4.78 is 4.90. The Bertz CT molecular complexity index is 202. The van der Waals surface area contributed by atoms with Gasteiger partial charge in [-0.15, -0.1) is 12.4 Å². The van der Waals surface area contributed by atoms with E-state index in [1.54, 1.807) is 7.11 Å². The summed E-state index contributed by atoms with van der Waals surface area (Å²) in [6.45, 7) is 4.89. The van der Waals surface area contributed by atoms with Gasteiger partial charge in [-0.2, -0.15) is 0 Å². The summed E-state index contributed by atoms with van der Waals surface area (Å²) in [6, 6.07) is 0.412. The fourth-order valence-corrected chi connectivity index (χ4v) is 1.94. The van der Waals surface area contributed by atoms with Gasteiger partial charge in [0.15, 0.2) is 0 Å². The Morgan fingerprint density at radius 2 is 2.25 bits per heavy atom. The minimum atomic E-state index is 0. The molecule has 0 aromatic heterocycles. The third-order valence-electron chi connectivity index (χ3n) is 2.88. The molecular weight excluding hydrogens is 228 g/mol. The van der Waals surface area contributed by atoms with E-state index < -0.39 is 0 Å². The van der Waals surface area contributed by atoms with Crippen molar-refractivity contribution < 1.29 is 9.53 Å². The minimum absolute atomic E-state index is 0. The monoisotopic (exact) mass is 250 g/mol. The molecule has 1 N–H and O–H groups in total. The van der Waals surface area contributed by atoms with Crippen molar-refractivity contribution in [2.75, 3.05) is 33.4 Å². The second-order valence-corrected chi connectivity index (χ2v) is 4.10. The van der Waals surface area contributed by atoms with E-state index in [0.717, 1.165) is 25.9 Å². The lowest BCUT2D eigenvalue weighted by molar-refractivity contribution is -0.133. The van der Waals surface area contributed by atoms with E-state index in [4.69, 9.17) is 4.74 Å². The molecule has 1 fully saturated rings.